The first-order valence-corrected chi connectivity index (χ1v) is 10.4. The van der Waals surface area contributed by atoms with Crippen LogP contribution in [-0.4, -0.2) is 23.9 Å². The summed E-state index contributed by atoms with van der Waals surface area (Å²) in [7, 11) is 1.46. The van der Waals surface area contributed by atoms with Gasteiger partial charge in [-0.25, -0.2) is 9.37 Å². The van der Waals surface area contributed by atoms with Crippen molar-refractivity contribution in [3.8, 4) is 5.75 Å². The zero-order valence-corrected chi connectivity index (χ0v) is 17.8. The Kier molecular flexibility index (Phi) is 6.23. The van der Waals surface area contributed by atoms with E-state index in [-0.39, 0.29) is 11.5 Å². The number of carbonyl (C=O) groups is 2. The second-order valence-corrected chi connectivity index (χ2v) is 7.78. The van der Waals surface area contributed by atoms with E-state index >= 15 is 0 Å². The Morgan fingerprint density at radius 2 is 1.88 bits per heavy atom. The van der Waals surface area contributed by atoms with Crippen molar-refractivity contribution in [2.45, 2.75) is 0 Å². The molecule has 2 amide bonds. The van der Waals surface area contributed by atoms with E-state index in [1.807, 2.05) is 24.3 Å². The molecule has 3 aromatic carbocycles. The number of halogens is 1. The lowest BCUT2D eigenvalue weighted by molar-refractivity contribution is -0.111. The SMILES string of the molecule is COc1ccc(NC(=O)/C=C/c2nc3ccccc3s2)cc1NC(=O)c1cccc(F)c1. The van der Waals surface area contributed by atoms with Crippen LogP contribution in [0.3, 0.4) is 0 Å². The number of carbonyl (C=O) groups excluding carboxylic acids is 2. The minimum absolute atomic E-state index is 0.167. The van der Waals surface area contributed by atoms with Crippen molar-refractivity contribution in [1.82, 2.24) is 4.98 Å². The van der Waals surface area contributed by atoms with Crippen molar-refractivity contribution in [2.75, 3.05) is 17.7 Å². The van der Waals surface area contributed by atoms with Crippen molar-refractivity contribution in [2.24, 2.45) is 0 Å². The molecule has 6 nitrogen and oxygen atoms in total. The molecule has 1 aromatic heterocycles. The van der Waals surface area contributed by atoms with E-state index in [0.717, 1.165) is 21.3 Å². The van der Waals surface area contributed by atoms with E-state index in [1.54, 1.807) is 24.3 Å². The molecule has 0 saturated heterocycles. The number of ether oxygens (including phenoxy) is 1. The van der Waals surface area contributed by atoms with E-state index in [9.17, 15) is 14.0 Å². The third-order valence-corrected chi connectivity index (χ3v) is 5.49. The van der Waals surface area contributed by atoms with Gasteiger partial charge >= 0.3 is 0 Å². The normalized spacial score (nSPS) is 10.9. The summed E-state index contributed by atoms with van der Waals surface area (Å²) < 4.78 is 19.7. The maximum Gasteiger partial charge on any atom is 0.255 e. The summed E-state index contributed by atoms with van der Waals surface area (Å²) in [5, 5.41) is 6.15. The summed E-state index contributed by atoms with van der Waals surface area (Å²) in [6.45, 7) is 0. The Morgan fingerprint density at radius 1 is 1.03 bits per heavy atom. The molecule has 0 aliphatic carbocycles. The van der Waals surface area contributed by atoms with Crippen molar-refractivity contribution >= 4 is 50.8 Å². The first-order valence-electron chi connectivity index (χ1n) is 9.61. The first kappa shape index (κ1) is 21.2. The van der Waals surface area contributed by atoms with Crippen LogP contribution in [0.5, 0.6) is 5.75 Å². The van der Waals surface area contributed by atoms with E-state index in [0.29, 0.717) is 17.1 Å². The standard InChI is InChI=1S/C24H18FN3O3S/c1-31-20-10-9-17(14-19(20)28-24(30)15-5-4-6-16(25)13-15)26-22(29)11-12-23-27-18-7-2-3-8-21(18)32-23/h2-14H,1H3,(H,26,29)(H,28,30)/b12-11+. The fraction of sp³-hybridized carbons (Fsp3) is 0.0417. The topological polar surface area (TPSA) is 80.3 Å². The number of hydrogen-bond donors (Lipinski definition) is 2. The molecule has 4 rings (SSSR count). The molecular formula is C24H18FN3O3S. The number of fused-ring (bicyclic) bond motifs is 1. The molecular weight excluding hydrogens is 429 g/mol. The highest BCUT2D eigenvalue weighted by molar-refractivity contribution is 7.19. The second kappa shape index (κ2) is 9.40. The lowest BCUT2D eigenvalue weighted by Gasteiger charge is -2.12. The average Bonchev–Trinajstić information content (AvgIpc) is 3.21. The monoisotopic (exact) mass is 447 g/mol. The molecule has 0 radical (unpaired) electrons. The van der Waals surface area contributed by atoms with Crippen LogP contribution in [0.15, 0.2) is 72.8 Å². The molecule has 0 fully saturated rings. The van der Waals surface area contributed by atoms with E-state index in [2.05, 4.69) is 15.6 Å². The van der Waals surface area contributed by atoms with E-state index < -0.39 is 11.7 Å². The molecule has 0 saturated carbocycles. The smallest absolute Gasteiger partial charge is 0.255 e. The molecule has 0 spiro atoms. The van der Waals surface area contributed by atoms with Gasteiger partial charge in [0.25, 0.3) is 5.91 Å². The lowest BCUT2D eigenvalue weighted by atomic mass is 10.2. The van der Waals surface area contributed by atoms with E-state index in [4.69, 9.17) is 4.74 Å². The summed E-state index contributed by atoms with van der Waals surface area (Å²) in [5.41, 5.74) is 1.85. The van der Waals surface area contributed by atoms with Gasteiger partial charge in [0.15, 0.2) is 0 Å². The quantitative estimate of drug-likeness (QED) is 0.391. The van der Waals surface area contributed by atoms with Crippen LogP contribution >= 0.6 is 11.3 Å². The number of benzene rings is 3. The van der Waals surface area contributed by atoms with Gasteiger partial charge in [-0.05, 0) is 54.6 Å². The minimum Gasteiger partial charge on any atom is -0.495 e. The molecule has 2 N–H and O–H groups in total. The van der Waals surface area contributed by atoms with Crippen LogP contribution in [-0.2, 0) is 4.79 Å². The van der Waals surface area contributed by atoms with E-state index in [1.165, 1.54) is 42.7 Å². The number of anilines is 2. The largest absolute Gasteiger partial charge is 0.495 e. The van der Waals surface area contributed by atoms with Gasteiger partial charge in [0.2, 0.25) is 5.91 Å². The molecule has 0 aliphatic heterocycles. The zero-order valence-electron chi connectivity index (χ0n) is 17.0. The van der Waals surface area contributed by atoms with Crippen LogP contribution in [0.1, 0.15) is 15.4 Å². The second-order valence-electron chi connectivity index (χ2n) is 6.72. The van der Waals surface area contributed by atoms with Gasteiger partial charge in [0.1, 0.15) is 16.6 Å². The molecule has 0 unspecified atom stereocenters. The number of hydrogen-bond acceptors (Lipinski definition) is 5. The van der Waals surface area contributed by atoms with Crippen LogP contribution in [0.4, 0.5) is 15.8 Å². The fourth-order valence-electron chi connectivity index (χ4n) is 3.00. The van der Waals surface area contributed by atoms with Crippen molar-refractivity contribution in [3.05, 3.63) is 89.2 Å². The summed E-state index contributed by atoms with van der Waals surface area (Å²) in [6, 6.07) is 17.9. The number of aromatic nitrogens is 1. The van der Waals surface area contributed by atoms with Gasteiger partial charge in [-0.2, -0.15) is 0 Å². The maximum absolute atomic E-state index is 13.4. The summed E-state index contributed by atoms with van der Waals surface area (Å²) in [5.74, 6) is -0.956. The Labute approximate surface area is 187 Å². The van der Waals surface area contributed by atoms with Crippen molar-refractivity contribution < 1.29 is 18.7 Å². The van der Waals surface area contributed by atoms with Gasteiger partial charge in [-0.3, -0.25) is 9.59 Å². The van der Waals surface area contributed by atoms with Crippen LogP contribution in [0, 0.1) is 5.82 Å². The summed E-state index contributed by atoms with van der Waals surface area (Å²) in [6.07, 6.45) is 3.04. The van der Waals surface area contributed by atoms with Gasteiger partial charge in [0.05, 0.1) is 23.0 Å². The van der Waals surface area contributed by atoms with Gasteiger partial charge in [-0.1, -0.05) is 18.2 Å². The van der Waals surface area contributed by atoms with Crippen LogP contribution in [0.25, 0.3) is 16.3 Å². The Morgan fingerprint density at radius 3 is 2.66 bits per heavy atom. The molecule has 8 heteroatoms. The molecule has 0 bridgehead atoms. The Hall–Kier alpha value is -4.04. The van der Waals surface area contributed by atoms with Crippen LogP contribution < -0.4 is 15.4 Å². The predicted octanol–water partition coefficient (Wildman–Crippen LogP) is 5.35. The summed E-state index contributed by atoms with van der Waals surface area (Å²) in [4.78, 5) is 29.3. The molecule has 160 valence electrons. The Balaban J connectivity index is 1.47. The summed E-state index contributed by atoms with van der Waals surface area (Å²) >= 11 is 1.49. The first-order chi connectivity index (χ1) is 15.5. The molecule has 32 heavy (non-hydrogen) atoms. The average molecular weight is 447 g/mol. The number of nitrogens with zero attached hydrogens (tertiary/aromatic N) is 1. The van der Waals surface area contributed by atoms with Gasteiger partial charge < -0.3 is 15.4 Å². The highest BCUT2D eigenvalue weighted by Crippen LogP contribution is 2.28. The van der Waals surface area contributed by atoms with Gasteiger partial charge in [-0.15, -0.1) is 11.3 Å². The fourth-order valence-corrected chi connectivity index (χ4v) is 3.87. The number of amides is 2. The van der Waals surface area contributed by atoms with Crippen molar-refractivity contribution in [3.63, 3.8) is 0 Å². The minimum atomic E-state index is -0.509. The Bertz CT molecular complexity index is 1300. The third kappa shape index (κ3) is 4.98. The third-order valence-electron chi connectivity index (χ3n) is 4.49. The van der Waals surface area contributed by atoms with Crippen molar-refractivity contribution in [1.29, 1.82) is 0 Å². The highest BCUT2D eigenvalue weighted by Gasteiger charge is 2.12. The van der Waals surface area contributed by atoms with Gasteiger partial charge in [0, 0.05) is 17.3 Å². The lowest BCUT2D eigenvalue weighted by Crippen LogP contribution is -2.14. The number of thiazole rings is 1. The zero-order chi connectivity index (χ0) is 22.5. The molecule has 1 heterocycles. The maximum atomic E-state index is 13.4. The number of nitrogens with one attached hydrogen (secondary N) is 2. The molecule has 4 aromatic rings. The van der Waals surface area contributed by atoms with Crippen LogP contribution in [0.2, 0.25) is 0 Å². The highest BCUT2D eigenvalue weighted by atomic mass is 32.1. The molecule has 0 aliphatic rings. The number of methoxy groups -OCH3 is 1. The predicted molar refractivity (Wildman–Crippen MR) is 125 cm³/mol. The molecule has 0 atom stereocenters. The number of para-hydroxylation sites is 1. The number of rotatable bonds is 6.